The fraction of sp³-hybridized carbons (Fsp3) is 0.333. The van der Waals surface area contributed by atoms with Crippen molar-refractivity contribution in [3.8, 4) is 11.1 Å². The van der Waals surface area contributed by atoms with Gasteiger partial charge in [0.1, 0.15) is 11.2 Å². The van der Waals surface area contributed by atoms with Crippen molar-refractivity contribution in [1.82, 2.24) is 20.2 Å². The Labute approximate surface area is 174 Å². The van der Waals surface area contributed by atoms with E-state index in [1.165, 1.54) is 12.8 Å². The number of carbonyl (C=O) groups excluding carboxylic acids is 1. The molecule has 2 aromatic carbocycles. The first-order valence-electron chi connectivity index (χ1n) is 9.46. The molecule has 1 aliphatic rings. The van der Waals surface area contributed by atoms with Gasteiger partial charge in [-0.05, 0) is 30.9 Å². The first-order chi connectivity index (χ1) is 13.5. The quantitative estimate of drug-likeness (QED) is 0.579. The van der Waals surface area contributed by atoms with E-state index >= 15 is 0 Å². The van der Waals surface area contributed by atoms with E-state index in [1.54, 1.807) is 21.8 Å². The number of hydrogen-bond acceptors (Lipinski definition) is 3. The number of carbonyl (C=O) groups is 1. The zero-order valence-electron chi connectivity index (χ0n) is 15.9. The Bertz CT molecular complexity index is 1040. The molecule has 1 amide bonds. The van der Waals surface area contributed by atoms with Crippen LogP contribution < -0.4 is 5.43 Å². The summed E-state index contributed by atoms with van der Waals surface area (Å²) < 4.78 is 1.66. The van der Waals surface area contributed by atoms with Gasteiger partial charge in [0.2, 0.25) is 0 Å². The molecule has 1 heterocycles. The molecule has 146 valence electrons. The van der Waals surface area contributed by atoms with Crippen LogP contribution in [0.15, 0.2) is 36.4 Å². The monoisotopic (exact) mass is 416 g/mol. The maximum atomic E-state index is 13.3. The molecule has 0 aliphatic heterocycles. The van der Waals surface area contributed by atoms with Gasteiger partial charge in [-0.1, -0.05) is 54.4 Å². The minimum atomic E-state index is -0.0573. The first-order valence-corrected chi connectivity index (χ1v) is 10.2. The van der Waals surface area contributed by atoms with E-state index in [0.29, 0.717) is 28.2 Å². The molecule has 28 heavy (non-hydrogen) atoms. The van der Waals surface area contributed by atoms with E-state index in [0.717, 1.165) is 28.6 Å². The molecule has 1 aliphatic carbocycles. The van der Waals surface area contributed by atoms with E-state index in [9.17, 15) is 4.79 Å². The van der Waals surface area contributed by atoms with Crippen molar-refractivity contribution < 1.29 is 4.79 Å². The number of benzene rings is 2. The van der Waals surface area contributed by atoms with Crippen molar-refractivity contribution in [2.45, 2.75) is 19.8 Å². The maximum Gasteiger partial charge on any atom is 0.286 e. The lowest BCUT2D eigenvalue weighted by molar-refractivity contribution is 0.0643. The van der Waals surface area contributed by atoms with Crippen LogP contribution in [0, 0.1) is 5.92 Å². The summed E-state index contributed by atoms with van der Waals surface area (Å²) in [5, 5.41) is 8.35. The molecule has 0 bridgehead atoms. The normalized spacial score (nSPS) is 13.9. The summed E-state index contributed by atoms with van der Waals surface area (Å²) in [6.07, 6.45) is 2.36. The van der Waals surface area contributed by atoms with Gasteiger partial charge in [-0.2, -0.15) is 5.10 Å². The molecule has 1 fully saturated rings. The average Bonchev–Trinajstić information content (AvgIpc) is 3.40. The topological polar surface area (TPSA) is 50.2 Å². The number of nitrogens with zero attached hydrogens (tertiary/aromatic N) is 3. The van der Waals surface area contributed by atoms with Gasteiger partial charge in [-0.15, -0.1) is 0 Å². The van der Waals surface area contributed by atoms with Gasteiger partial charge in [0.05, 0.1) is 0 Å². The van der Waals surface area contributed by atoms with Gasteiger partial charge in [0.25, 0.3) is 5.91 Å². The van der Waals surface area contributed by atoms with E-state index in [-0.39, 0.29) is 5.91 Å². The molecule has 0 atom stereocenters. The molecule has 0 saturated heterocycles. The van der Waals surface area contributed by atoms with Crippen LogP contribution in [0.4, 0.5) is 0 Å². The lowest BCUT2D eigenvalue weighted by Crippen LogP contribution is -2.44. The highest BCUT2D eigenvalue weighted by Crippen LogP contribution is 2.36. The van der Waals surface area contributed by atoms with E-state index < -0.39 is 0 Å². The highest BCUT2D eigenvalue weighted by Gasteiger charge is 2.30. The number of nitrogens with one attached hydrogen (secondary N) is 1. The standard InChI is InChI=1S/C21H22Cl2N4O/c1-3-24-27(12-13-7-8-13)21(28)20-17-6-4-5-16(19(17)25-26(20)2)15-10-9-14(22)11-18(15)23/h4-6,9-11,13,24H,3,7-8,12H2,1-2H3. The Morgan fingerprint density at radius 1 is 1.25 bits per heavy atom. The van der Waals surface area contributed by atoms with Gasteiger partial charge in [0, 0.05) is 46.7 Å². The molecule has 0 spiro atoms. The molecule has 0 radical (unpaired) electrons. The molecule has 4 rings (SSSR count). The second-order valence-corrected chi connectivity index (χ2v) is 8.01. The van der Waals surface area contributed by atoms with Crippen LogP contribution >= 0.6 is 23.2 Å². The predicted octanol–water partition coefficient (Wildman–Crippen LogP) is 4.92. The average molecular weight is 417 g/mol. The van der Waals surface area contributed by atoms with Crippen molar-refractivity contribution in [2.24, 2.45) is 13.0 Å². The van der Waals surface area contributed by atoms with Crippen LogP contribution in [-0.4, -0.2) is 33.8 Å². The van der Waals surface area contributed by atoms with Gasteiger partial charge in [0.15, 0.2) is 0 Å². The highest BCUT2D eigenvalue weighted by atomic mass is 35.5. The van der Waals surface area contributed by atoms with Crippen LogP contribution in [0.3, 0.4) is 0 Å². The number of aryl methyl sites for hydroxylation is 1. The summed E-state index contributed by atoms with van der Waals surface area (Å²) in [7, 11) is 1.81. The van der Waals surface area contributed by atoms with Crippen LogP contribution in [0.1, 0.15) is 30.3 Å². The number of hydrogen-bond donors (Lipinski definition) is 1. The van der Waals surface area contributed by atoms with Crippen molar-refractivity contribution >= 4 is 40.0 Å². The van der Waals surface area contributed by atoms with E-state index in [1.807, 2.05) is 38.2 Å². The van der Waals surface area contributed by atoms with Crippen molar-refractivity contribution in [3.63, 3.8) is 0 Å². The SMILES string of the molecule is CCNN(CC1CC1)C(=O)c1c2cccc(-c3ccc(Cl)cc3Cl)c2nn1C. The summed E-state index contributed by atoms with van der Waals surface area (Å²) in [5.74, 6) is 0.532. The van der Waals surface area contributed by atoms with Crippen molar-refractivity contribution in [2.75, 3.05) is 13.1 Å². The Balaban J connectivity index is 1.80. The second-order valence-electron chi connectivity index (χ2n) is 7.17. The zero-order chi connectivity index (χ0) is 19.8. The number of aromatic nitrogens is 2. The van der Waals surface area contributed by atoms with E-state index in [4.69, 9.17) is 23.2 Å². The fourth-order valence-electron chi connectivity index (χ4n) is 3.49. The summed E-state index contributed by atoms with van der Waals surface area (Å²) >= 11 is 12.5. The van der Waals surface area contributed by atoms with Gasteiger partial charge in [-0.25, -0.2) is 5.43 Å². The van der Waals surface area contributed by atoms with Crippen molar-refractivity contribution in [1.29, 1.82) is 0 Å². The zero-order valence-corrected chi connectivity index (χ0v) is 17.4. The molecule has 7 heteroatoms. The van der Waals surface area contributed by atoms with Crippen molar-refractivity contribution in [3.05, 3.63) is 52.1 Å². The third-order valence-electron chi connectivity index (χ3n) is 5.02. The molecule has 0 unspecified atom stereocenters. The highest BCUT2D eigenvalue weighted by molar-refractivity contribution is 6.36. The van der Waals surface area contributed by atoms with E-state index in [2.05, 4.69) is 10.5 Å². The number of rotatable bonds is 6. The molecule has 1 N–H and O–H groups in total. The molecule has 1 saturated carbocycles. The maximum absolute atomic E-state index is 13.3. The van der Waals surface area contributed by atoms with Gasteiger partial charge in [-0.3, -0.25) is 14.5 Å². The van der Waals surface area contributed by atoms with Gasteiger partial charge >= 0.3 is 0 Å². The number of halogens is 2. The molecular formula is C21H22Cl2N4O. The third kappa shape index (κ3) is 3.62. The summed E-state index contributed by atoms with van der Waals surface area (Å²) in [6.45, 7) is 3.41. The van der Waals surface area contributed by atoms with Gasteiger partial charge < -0.3 is 0 Å². The predicted molar refractivity (Wildman–Crippen MR) is 114 cm³/mol. The summed E-state index contributed by atoms with van der Waals surface area (Å²) in [5.41, 5.74) is 6.25. The summed E-state index contributed by atoms with van der Waals surface area (Å²) in [4.78, 5) is 13.3. The Hall–Kier alpha value is -2.08. The smallest absolute Gasteiger partial charge is 0.272 e. The lowest BCUT2D eigenvalue weighted by atomic mass is 10.0. The molecule has 3 aromatic rings. The Kier molecular flexibility index (Phi) is 5.32. The lowest BCUT2D eigenvalue weighted by Gasteiger charge is -2.22. The number of amides is 1. The van der Waals surface area contributed by atoms with Crippen LogP contribution in [0.2, 0.25) is 10.0 Å². The Morgan fingerprint density at radius 2 is 2.04 bits per heavy atom. The Morgan fingerprint density at radius 3 is 2.71 bits per heavy atom. The third-order valence-corrected chi connectivity index (χ3v) is 5.57. The van der Waals surface area contributed by atoms with Crippen LogP contribution in [0.5, 0.6) is 0 Å². The largest absolute Gasteiger partial charge is 0.286 e. The van der Waals surface area contributed by atoms with Crippen LogP contribution in [-0.2, 0) is 7.05 Å². The number of fused-ring (bicyclic) bond motifs is 1. The second kappa shape index (κ2) is 7.74. The number of hydrazine groups is 1. The minimum absolute atomic E-state index is 0.0573. The molecular weight excluding hydrogens is 395 g/mol. The molecule has 1 aromatic heterocycles. The first kappa shape index (κ1) is 19.2. The van der Waals surface area contributed by atoms with Crippen LogP contribution in [0.25, 0.3) is 22.0 Å². The molecule has 5 nitrogen and oxygen atoms in total. The summed E-state index contributed by atoms with van der Waals surface area (Å²) in [6, 6.07) is 11.2. The minimum Gasteiger partial charge on any atom is -0.272 e. The fourth-order valence-corrected chi connectivity index (χ4v) is 4.00.